The van der Waals surface area contributed by atoms with Gasteiger partial charge >= 0.3 is 0 Å². The summed E-state index contributed by atoms with van der Waals surface area (Å²) in [6, 6.07) is 2.12. The van der Waals surface area contributed by atoms with Crippen molar-refractivity contribution in [2.45, 2.75) is 38.2 Å². The molecule has 4 rings (SSSR count). The molecule has 0 aromatic carbocycles. The van der Waals surface area contributed by atoms with E-state index in [2.05, 4.69) is 17.9 Å². The largest absolute Gasteiger partial charge is 0.396 e. The first-order valence-electron chi connectivity index (χ1n) is 9.55. The number of piperidine rings is 1. The Morgan fingerprint density at radius 2 is 2.20 bits per heavy atom. The zero-order valence-corrected chi connectivity index (χ0v) is 15.8. The van der Waals surface area contributed by atoms with Crippen LogP contribution in [0, 0.1) is 5.92 Å². The number of thiophene rings is 1. The molecule has 3 aliphatic rings. The van der Waals surface area contributed by atoms with Crippen LogP contribution < -0.4 is 0 Å². The van der Waals surface area contributed by atoms with E-state index in [1.807, 2.05) is 4.90 Å². The second-order valence-corrected chi connectivity index (χ2v) is 8.70. The lowest BCUT2D eigenvalue weighted by atomic mass is 9.82. The zero-order chi connectivity index (χ0) is 17.4. The number of fused-ring (bicyclic) bond motifs is 2. The Kier molecular flexibility index (Phi) is 4.88. The standard InChI is InChI=1S/C19H28N2O3S/c1-2-20-8-5-19(6-9-20)15-11-17(25-16(15)4-10-24-19)18(23)21-7-3-14(12-21)13-22/h11,14,22H,2-10,12-13H2,1H3. The number of rotatable bonds is 3. The average Bonchev–Trinajstić information content (AvgIpc) is 3.30. The van der Waals surface area contributed by atoms with Gasteiger partial charge in [-0.25, -0.2) is 0 Å². The minimum Gasteiger partial charge on any atom is -0.396 e. The van der Waals surface area contributed by atoms with E-state index in [9.17, 15) is 9.90 Å². The van der Waals surface area contributed by atoms with Crippen molar-refractivity contribution in [1.29, 1.82) is 0 Å². The first-order chi connectivity index (χ1) is 12.1. The highest BCUT2D eigenvalue weighted by atomic mass is 32.1. The van der Waals surface area contributed by atoms with Gasteiger partial charge in [-0.1, -0.05) is 6.92 Å². The summed E-state index contributed by atoms with van der Waals surface area (Å²) in [7, 11) is 0. The van der Waals surface area contributed by atoms with E-state index >= 15 is 0 Å². The minimum atomic E-state index is -0.174. The molecule has 1 N–H and O–H groups in total. The molecule has 6 heteroatoms. The monoisotopic (exact) mass is 364 g/mol. The highest BCUT2D eigenvalue weighted by Crippen LogP contribution is 2.44. The SMILES string of the molecule is CCN1CCC2(CC1)OCCc1sc(C(=O)N3CCC(CO)C3)cc12. The molecule has 4 heterocycles. The van der Waals surface area contributed by atoms with Crippen molar-refractivity contribution in [1.82, 2.24) is 9.80 Å². The highest BCUT2D eigenvalue weighted by Gasteiger charge is 2.42. The first kappa shape index (κ1) is 17.5. The molecule has 0 bridgehead atoms. The van der Waals surface area contributed by atoms with Gasteiger partial charge in [-0.15, -0.1) is 11.3 Å². The van der Waals surface area contributed by atoms with Crippen molar-refractivity contribution in [3.05, 3.63) is 21.4 Å². The van der Waals surface area contributed by atoms with Crippen molar-refractivity contribution in [3.63, 3.8) is 0 Å². The van der Waals surface area contributed by atoms with E-state index in [1.165, 1.54) is 10.4 Å². The van der Waals surface area contributed by atoms with Crippen LogP contribution in [0.15, 0.2) is 6.07 Å². The molecular weight excluding hydrogens is 336 g/mol. The third-order valence-corrected chi connectivity index (χ3v) is 7.34. The van der Waals surface area contributed by atoms with E-state index in [0.717, 1.165) is 63.3 Å². The molecule has 0 saturated carbocycles. The molecule has 25 heavy (non-hydrogen) atoms. The van der Waals surface area contributed by atoms with Crippen LogP contribution in [0.5, 0.6) is 0 Å². The van der Waals surface area contributed by atoms with Gasteiger partial charge in [0.15, 0.2) is 0 Å². The number of amides is 1. The molecule has 0 aliphatic carbocycles. The number of aliphatic hydroxyl groups is 1. The number of aliphatic hydroxyl groups excluding tert-OH is 1. The van der Waals surface area contributed by atoms with Crippen LogP contribution >= 0.6 is 11.3 Å². The average molecular weight is 365 g/mol. The molecule has 0 radical (unpaired) electrons. The summed E-state index contributed by atoms with van der Waals surface area (Å²) in [5.74, 6) is 0.378. The van der Waals surface area contributed by atoms with Gasteiger partial charge < -0.3 is 19.6 Å². The second-order valence-electron chi connectivity index (χ2n) is 7.56. The number of hydrogen-bond acceptors (Lipinski definition) is 5. The predicted molar refractivity (Wildman–Crippen MR) is 98.1 cm³/mol. The fourth-order valence-corrected chi connectivity index (χ4v) is 5.69. The van der Waals surface area contributed by atoms with Crippen molar-refractivity contribution >= 4 is 17.2 Å². The smallest absolute Gasteiger partial charge is 0.263 e. The van der Waals surface area contributed by atoms with Gasteiger partial charge in [-0.05, 0) is 37.4 Å². The molecule has 1 unspecified atom stereocenters. The number of carbonyl (C=O) groups is 1. The summed E-state index contributed by atoms with van der Waals surface area (Å²) >= 11 is 1.67. The summed E-state index contributed by atoms with van der Waals surface area (Å²) in [5.41, 5.74) is 1.10. The first-order valence-corrected chi connectivity index (χ1v) is 10.4. The van der Waals surface area contributed by atoms with Gasteiger partial charge in [0.05, 0.1) is 17.1 Å². The minimum absolute atomic E-state index is 0.136. The van der Waals surface area contributed by atoms with Gasteiger partial charge in [0.1, 0.15) is 0 Å². The predicted octanol–water partition coefficient (Wildman–Crippen LogP) is 2.09. The van der Waals surface area contributed by atoms with Crippen LogP contribution in [0.1, 0.15) is 46.3 Å². The molecule has 1 amide bonds. The lowest BCUT2D eigenvalue weighted by Crippen LogP contribution is -2.46. The van der Waals surface area contributed by atoms with Crippen molar-refractivity contribution in [2.75, 3.05) is 45.9 Å². The van der Waals surface area contributed by atoms with E-state index in [1.54, 1.807) is 11.3 Å². The maximum atomic E-state index is 12.9. The molecule has 1 aromatic heterocycles. The van der Waals surface area contributed by atoms with E-state index in [4.69, 9.17) is 4.74 Å². The highest BCUT2D eigenvalue weighted by molar-refractivity contribution is 7.14. The van der Waals surface area contributed by atoms with E-state index in [0.29, 0.717) is 6.54 Å². The molecule has 3 aliphatic heterocycles. The molecule has 2 fully saturated rings. The summed E-state index contributed by atoms with van der Waals surface area (Å²) in [5, 5.41) is 9.32. The third-order valence-electron chi connectivity index (χ3n) is 6.16. The fourth-order valence-electron chi connectivity index (χ4n) is 4.49. The molecule has 2 saturated heterocycles. The van der Waals surface area contributed by atoms with Crippen LogP contribution in [0.2, 0.25) is 0 Å². The second kappa shape index (κ2) is 6.99. The molecular formula is C19H28N2O3S. The van der Waals surface area contributed by atoms with Crippen LogP contribution in [0.4, 0.5) is 0 Å². The quantitative estimate of drug-likeness (QED) is 0.892. The Labute approximate surface area is 153 Å². The van der Waals surface area contributed by atoms with Gasteiger partial charge in [0, 0.05) is 50.0 Å². The Morgan fingerprint density at radius 1 is 1.40 bits per heavy atom. The Hall–Kier alpha value is -0.950. The Bertz CT molecular complexity index is 637. The molecule has 1 atom stereocenters. The maximum absolute atomic E-state index is 12.9. The number of carbonyl (C=O) groups excluding carboxylic acids is 1. The van der Waals surface area contributed by atoms with Gasteiger partial charge in [-0.3, -0.25) is 4.79 Å². The lowest BCUT2D eigenvalue weighted by Gasteiger charge is -2.43. The summed E-state index contributed by atoms with van der Waals surface area (Å²) < 4.78 is 6.30. The van der Waals surface area contributed by atoms with Crippen LogP contribution in [-0.4, -0.2) is 66.8 Å². The molecule has 5 nitrogen and oxygen atoms in total. The Balaban J connectivity index is 1.55. The van der Waals surface area contributed by atoms with Crippen LogP contribution in [0.25, 0.3) is 0 Å². The number of ether oxygens (including phenoxy) is 1. The Morgan fingerprint density at radius 3 is 2.88 bits per heavy atom. The van der Waals surface area contributed by atoms with Crippen molar-refractivity contribution in [2.24, 2.45) is 5.92 Å². The van der Waals surface area contributed by atoms with Gasteiger partial charge in [0.25, 0.3) is 5.91 Å². The topological polar surface area (TPSA) is 53.0 Å². The summed E-state index contributed by atoms with van der Waals surface area (Å²) in [6.45, 7) is 7.84. The number of hydrogen-bond donors (Lipinski definition) is 1. The van der Waals surface area contributed by atoms with E-state index < -0.39 is 0 Å². The lowest BCUT2D eigenvalue weighted by molar-refractivity contribution is -0.0964. The van der Waals surface area contributed by atoms with Crippen molar-refractivity contribution in [3.8, 4) is 0 Å². The maximum Gasteiger partial charge on any atom is 0.263 e. The van der Waals surface area contributed by atoms with E-state index in [-0.39, 0.29) is 24.0 Å². The summed E-state index contributed by atoms with van der Waals surface area (Å²) in [4.78, 5) is 19.5. The van der Waals surface area contributed by atoms with Crippen LogP contribution in [-0.2, 0) is 16.8 Å². The van der Waals surface area contributed by atoms with Gasteiger partial charge in [0.2, 0.25) is 0 Å². The molecule has 1 spiro atoms. The van der Waals surface area contributed by atoms with Gasteiger partial charge in [-0.2, -0.15) is 0 Å². The third kappa shape index (κ3) is 3.14. The molecule has 138 valence electrons. The summed E-state index contributed by atoms with van der Waals surface area (Å²) in [6.07, 6.45) is 3.88. The van der Waals surface area contributed by atoms with Crippen LogP contribution in [0.3, 0.4) is 0 Å². The fraction of sp³-hybridized carbons (Fsp3) is 0.737. The molecule has 1 aromatic rings. The number of likely N-dealkylation sites (tertiary alicyclic amines) is 2. The number of nitrogens with zero attached hydrogens (tertiary/aromatic N) is 2. The zero-order valence-electron chi connectivity index (χ0n) is 15.0. The normalized spacial score (nSPS) is 26.2. The van der Waals surface area contributed by atoms with Crippen molar-refractivity contribution < 1.29 is 14.6 Å².